The van der Waals surface area contributed by atoms with Gasteiger partial charge in [0.1, 0.15) is 5.75 Å². The molecular formula is C22H31NO5. The molecule has 1 aromatic rings. The summed E-state index contributed by atoms with van der Waals surface area (Å²) in [5.74, 6) is -0.202. The fourth-order valence-corrected chi connectivity index (χ4v) is 4.40. The summed E-state index contributed by atoms with van der Waals surface area (Å²) in [5, 5.41) is 12.3. The average Bonchev–Trinajstić information content (AvgIpc) is 2.73. The maximum Gasteiger partial charge on any atom is 0.306 e. The Morgan fingerprint density at radius 2 is 1.71 bits per heavy atom. The zero-order valence-corrected chi connectivity index (χ0v) is 16.6. The quantitative estimate of drug-likeness (QED) is 0.748. The van der Waals surface area contributed by atoms with Gasteiger partial charge < -0.3 is 19.9 Å². The molecule has 1 saturated carbocycles. The highest BCUT2D eigenvalue weighted by Crippen LogP contribution is 2.36. The highest BCUT2D eigenvalue weighted by Gasteiger charge is 2.36. The number of hydrogen-bond acceptors (Lipinski definition) is 4. The van der Waals surface area contributed by atoms with Crippen molar-refractivity contribution >= 4 is 11.9 Å². The molecule has 0 radical (unpaired) electrons. The fourth-order valence-electron chi connectivity index (χ4n) is 4.40. The summed E-state index contributed by atoms with van der Waals surface area (Å²) in [6.45, 7) is 4.56. The third-order valence-corrected chi connectivity index (χ3v) is 6.28. The van der Waals surface area contributed by atoms with E-state index in [1.165, 1.54) is 5.56 Å². The summed E-state index contributed by atoms with van der Waals surface area (Å²) in [4.78, 5) is 23.8. The minimum absolute atomic E-state index is 0.0562. The van der Waals surface area contributed by atoms with Gasteiger partial charge >= 0.3 is 5.97 Å². The lowest BCUT2D eigenvalue weighted by atomic mass is 9.74. The molecule has 6 heteroatoms. The van der Waals surface area contributed by atoms with E-state index in [1.54, 1.807) is 0 Å². The van der Waals surface area contributed by atoms with Crippen LogP contribution in [0.25, 0.3) is 0 Å². The summed E-state index contributed by atoms with van der Waals surface area (Å²) >= 11 is 0. The Bertz CT molecular complexity index is 658. The summed E-state index contributed by atoms with van der Waals surface area (Å²) < 4.78 is 11.1. The van der Waals surface area contributed by atoms with Crippen molar-refractivity contribution in [3.05, 3.63) is 29.8 Å². The molecule has 1 heterocycles. The van der Waals surface area contributed by atoms with Crippen LogP contribution in [0.3, 0.4) is 0 Å². The van der Waals surface area contributed by atoms with Crippen LogP contribution in [0.1, 0.15) is 51.0 Å². The van der Waals surface area contributed by atoms with Crippen molar-refractivity contribution in [2.45, 2.75) is 50.9 Å². The Morgan fingerprint density at radius 3 is 2.29 bits per heavy atom. The number of rotatable bonds is 7. The van der Waals surface area contributed by atoms with Gasteiger partial charge in [-0.25, -0.2) is 0 Å². The van der Waals surface area contributed by atoms with Gasteiger partial charge in [0.05, 0.1) is 12.5 Å². The molecular weight excluding hydrogens is 358 g/mol. The summed E-state index contributed by atoms with van der Waals surface area (Å²) in [5.41, 5.74) is 1.07. The molecule has 2 fully saturated rings. The molecule has 0 bridgehead atoms. The first-order valence-corrected chi connectivity index (χ1v) is 10.4. The van der Waals surface area contributed by atoms with Gasteiger partial charge in [0, 0.05) is 31.1 Å². The van der Waals surface area contributed by atoms with E-state index in [4.69, 9.17) is 14.6 Å². The van der Waals surface area contributed by atoms with Crippen molar-refractivity contribution in [1.29, 1.82) is 0 Å². The highest BCUT2D eigenvalue weighted by molar-refractivity contribution is 5.79. The molecule has 0 unspecified atom stereocenters. The van der Waals surface area contributed by atoms with E-state index in [-0.39, 0.29) is 23.2 Å². The third-order valence-electron chi connectivity index (χ3n) is 6.28. The molecule has 154 valence electrons. The zero-order chi connectivity index (χ0) is 20.0. The molecule has 6 nitrogen and oxygen atoms in total. The van der Waals surface area contributed by atoms with E-state index in [1.807, 2.05) is 19.1 Å². The van der Waals surface area contributed by atoms with E-state index in [0.717, 1.165) is 18.6 Å². The number of benzene rings is 1. The molecule has 2 N–H and O–H groups in total. The second-order valence-electron chi connectivity index (χ2n) is 7.95. The first kappa shape index (κ1) is 20.6. The Balaban J connectivity index is 1.63. The number of amides is 1. The van der Waals surface area contributed by atoms with Gasteiger partial charge in [0.25, 0.3) is 0 Å². The first-order valence-electron chi connectivity index (χ1n) is 10.4. The Morgan fingerprint density at radius 1 is 1.11 bits per heavy atom. The van der Waals surface area contributed by atoms with E-state index in [0.29, 0.717) is 52.0 Å². The van der Waals surface area contributed by atoms with Crippen molar-refractivity contribution in [1.82, 2.24) is 5.32 Å². The normalized spacial score (nSPS) is 24.3. The topological polar surface area (TPSA) is 84.9 Å². The van der Waals surface area contributed by atoms with Crippen molar-refractivity contribution in [3.63, 3.8) is 0 Å². The van der Waals surface area contributed by atoms with Crippen LogP contribution in [-0.4, -0.2) is 43.3 Å². The van der Waals surface area contributed by atoms with Crippen molar-refractivity contribution < 1.29 is 24.2 Å². The van der Waals surface area contributed by atoms with Crippen LogP contribution in [0.15, 0.2) is 24.3 Å². The first-order chi connectivity index (χ1) is 13.5. The SMILES string of the molecule is CCOc1ccc(C2(CNC(=O)C3CCC(C(=O)O)CC3)CCOCC2)cc1. The molecule has 1 aromatic carbocycles. The standard InChI is InChI=1S/C22H31NO5/c1-2-28-19-9-7-18(8-10-19)22(11-13-27-14-12-22)15-23-20(24)16-3-5-17(6-4-16)21(25)26/h7-10,16-17H,2-6,11-15H2,1H3,(H,23,24)(H,25,26). The molecule has 0 aromatic heterocycles. The van der Waals surface area contributed by atoms with Gasteiger partial charge in [0.15, 0.2) is 0 Å². The van der Waals surface area contributed by atoms with E-state index in [9.17, 15) is 9.59 Å². The summed E-state index contributed by atoms with van der Waals surface area (Å²) in [6.07, 6.45) is 4.22. The number of carboxylic acids is 1. The number of aliphatic carboxylic acids is 1. The highest BCUT2D eigenvalue weighted by atomic mass is 16.5. The Labute approximate surface area is 166 Å². The summed E-state index contributed by atoms with van der Waals surface area (Å²) in [7, 11) is 0. The Hall–Kier alpha value is -2.08. The van der Waals surface area contributed by atoms with Crippen LogP contribution in [0.2, 0.25) is 0 Å². The lowest BCUT2D eigenvalue weighted by Crippen LogP contribution is -2.46. The molecule has 28 heavy (non-hydrogen) atoms. The number of ether oxygens (including phenoxy) is 2. The van der Waals surface area contributed by atoms with Crippen LogP contribution < -0.4 is 10.1 Å². The van der Waals surface area contributed by atoms with E-state index < -0.39 is 5.97 Å². The molecule has 0 spiro atoms. The van der Waals surface area contributed by atoms with Crippen LogP contribution in [0.4, 0.5) is 0 Å². The lowest BCUT2D eigenvalue weighted by molar-refractivity contribution is -0.144. The van der Waals surface area contributed by atoms with Crippen LogP contribution in [-0.2, 0) is 19.7 Å². The van der Waals surface area contributed by atoms with E-state index >= 15 is 0 Å². The minimum atomic E-state index is -0.740. The molecule has 1 aliphatic carbocycles. The average molecular weight is 389 g/mol. The predicted octanol–water partition coefficient (Wildman–Crippen LogP) is 3.14. The van der Waals surface area contributed by atoms with Crippen molar-refractivity contribution in [3.8, 4) is 5.75 Å². The number of carbonyl (C=O) groups excluding carboxylic acids is 1. The maximum atomic E-state index is 12.7. The van der Waals surface area contributed by atoms with E-state index in [2.05, 4.69) is 17.4 Å². The maximum absolute atomic E-state index is 12.7. The molecule has 1 saturated heterocycles. The predicted molar refractivity (Wildman–Crippen MR) is 105 cm³/mol. The number of nitrogens with one attached hydrogen (secondary N) is 1. The largest absolute Gasteiger partial charge is 0.494 e. The van der Waals surface area contributed by atoms with Gasteiger partial charge in [-0.2, -0.15) is 0 Å². The molecule has 2 aliphatic rings. The summed E-state index contributed by atoms with van der Waals surface area (Å²) in [6, 6.07) is 8.18. The number of carboxylic acid groups (broad SMARTS) is 1. The molecule has 0 atom stereocenters. The fraction of sp³-hybridized carbons (Fsp3) is 0.636. The van der Waals surface area contributed by atoms with Crippen LogP contribution >= 0.6 is 0 Å². The van der Waals surface area contributed by atoms with Gasteiger partial charge in [-0.05, 0) is 63.1 Å². The second-order valence-corrected chi connectivity index (χ2v) is 7.95. The van der Waals surface area contributed by atoms with Crippen molar-refractivity contribution in [2.75, 3.05) is 26.4 Å². The second kappa shape index (κ2) is 9.41. The van der Waals surface area contributed by atoms with Gasteiger partial charge in [-0.1, -0.05) is 12.1 Å². The van der Waals surface area contributed by atoms with Crippen LogP contribution in [0.5, 0.6) is 5.75 Å². The lowest BCUT2D eigenvalue weighted by Gasteiger charge is -2.38. The number of carbonyl (C=O) groups is 2. The van der Waals surface area contributed by atoms with Gasteiger partial charge in [0.2, 0.25) is 5.91 Å². The van der Waals surface area contributed by atoms with Gasteiger partial charge in [-0.3, -0.25) is 9.59 Å². The number of hydrogen-bond donors (Lipinski definition) is 2. The van der Waals surface area contributed by atoms with Gasteiger partial charge in [-0.15, -0.1) is 0 Å². The third kappa shape index (κ3) is 4.85. The monoisotopic (exact) mass is 389 g/mol. The van der Waals surface area contributed by atoms with Crippen molar-refractivity contribution in [2.24, 2.45) is 11.8 Å². The molecule has 3 rings (SSSR count). The zero-order valence-electron chi connectivity index (χ0n) is 16.6. The Kier molecular flexibility index (Phi) is 6.94. The minimum Gasteiger partial charge on any atom is -0.494 e. The molecule has 1 amide bonds. The van der Waals surface area contributed by atoms with Crippen LogP contribution in [0, 0.1) is 11.8 Å². The smallest absolute Gasteiger partial charge is 0.306 e. The molecule has 1 aliphatic heterocycles.